The second-order valence-corrected chi connectivity index (χ2v) is 10.2. The molecule has 0 bridgehead atoms. The highest BCUT2D eigenvalue weighted by atomic mass is 32.2. The Kier molecular flexibility index (Phi) is 5.18. The fourth-order valence-electron chi connectivity index (χ4n) is 2.38. The van der Waals surface area contributed by atoms with Crippen LogP contribution in [-0.2, 0) is 10.0 Å². The molecule has 3 heterocycles. The molecule has 0 saturated carbocycles. The van der Waals surface area contributed by atoms with E-state index in [2.05, 4.69) is 15.2 Å². The van der Waals surface area contributed by atoms with Crippen molar-refractivity contribution in [1.82, 2.24) is 19.7 Å². The van der Waals surface area contributed by atoms with Crippen LogP contribution in [0.2, 0.25) is 0 Å². The Balaban J connectivity index is 1.79. The van der Waals surface area contributed by atoms with Crippen molar-refractivity contribution in [3.63, 3.8) is 0 Å². The molecule has 0 radical (unpaired) electrons. The van der Waals surface area contributed by atoms with Crippen molar-refractivity contribution in [2.45, 2.75) is 14.4 Å². The summed E-state index contributed by atoms with van der Waals surface area (Å²) in [6, 6.07) is 9.73. The van der Waals surface area contributed by atoms with Gasteiger partial charge < -0.3 is 0 Å². The number of benzene rings is 1. The smallest absolute Gasteiger partial charge is 0.269 e. The zero-order chi connectivity index (χ0) is 20.6. The van der Waals surface area contributed by atoms with Crippen molar-refractivity contribution in [3.8, 4) is 16.4 Å². The molecule has 4 aromatic rings. The minimum Gasteiger partial charge on any atom is -0.269 e. The van der Waals surface area contributed by atoms with Crippen molar-refractivity contribution >= 4 is 49.5 Å². The molecule has 0 atom stereocenters. The molecule has 0 amide bonds. The van der Waals surface area contributed by atoms with Crippen LogP contribution in [-0.4, -0.2) is 33.1 Å². The summed E-state index contributed by atoms with van der Waals surface area (Å²) in [6.07, 6.45) is 1.19. The van der Waals surface area contributed by atoms with Gasteiger partial charge in [0, 0.05) is 5.69 Å². The number of hydrogen-bond donors (Lipinski definition) is 1. The third kappa shape index (κ3) is 4.06. The molecule has 29 heavy (non-hydrogen) atoms. The van der Waals surface area contributed by atoms with Gasteiger partial charge in [0.25, 0.3) is 0 Å². The van der Waals surface area contributed by atoms with E-state index in [9.17, 15) is 18.5 Å². The molecule has 0 spiro atoms. The molecule has 14 heteroatoms. The second kappa shape index (κ2) is 7.64. The van der Waals surface area contributed by atoms with Gasteiger partial charge in [0.1, 0.15) is 6.20 Å². The first-order valence-corrected chi connectivity index (χ1v) is 11.8. The van der Waals surface area contributed by atoms with Gasteiger partial charge in [-0.1, -0.05) is 6.07 Å². The first-order chi connectivity index (χ1) is 13.8. The molecular formula is C15H10N6O4S4. The standard InChI is InChI=1S/C15H10N6O4S4/c16-29(24,25)10-5-3-9(4-6-10)20-13(11-2-1-7-26-11)18-19-14(20)28-15-17-8-12(27-15)21(22)23/h1-8H,(H2,16,24,25). The highest BCUT2D eigenvalue weighted by Gasteiger charge is 2.21. The van der Waals surface area contributed by atoms with Crippen LogP contribution in [0.5, 0.6) is 0 Å². The van der Waals surface area contributed by atoms with E-state index in [1.807, 2.05) is 17.5 Å². The minimum absolute atomic E-state index is 0.0169. The third-order valence-corrected chi connectivity index (χ3v) is 7.39. The summed E-state index contributed by atoms with van der Waals surface area (Å²) >= 11 is 3.53. The summed E-state index contributed by atoms with van der Waals surface area (Å²) in [6.45, 7) is 0. The van der Waals surface area contributed by atoms with E-state index in [4.69, 9.17) is 5.14 Å². The number of sulfonamides is 1. The van der Waals surface area contributed by atoms with Gasteiger partial charge in [0.15, 0.2) is 10.2 Å². The highest BCUT2D eigenvalue weighted by Crippen LogP contribution is 2.37. The van der Waals surface area contributed by atoms with E-state index in [0.717, 1.165) is 28.0 Å². The van der Waals surface area contributed by atoms with Gasteiger partial charge in [-0.15, -0.1) is 21.5 Å². The minimum atomic E-state index is -3.82. The fourth-order valence-corrected chi connectivity index (χ4v) is 5.33. The molecular weight excluding hydrogens is 456 g/mol. The summed E-state index contributed by atoms with van der Waals surface area (Å²) in [4.78, 5) is 15.3. The Hall–Kier alpha value is -2.65. The van der Waals surface area contributed by atoms with Crippen LogP contribution in [0.15, 0.2) is 62.4 Å². The van der Waals surface area contributed by atoms with Crippen molar-refractivity contribution < 1.29 is 13.3 Å². The molecule has 10 nitrogen and oxygen atoms in total. The number of nitrogens with zero attached hydrogens (tertiary/aromatic N) is 5. The molecule has 2 N–H and O–H groups in total. The second-order valence-electron chi connectivity index (χ2n) is 5.48. The summed E-state index contributed by atoms with van der Waals surface area (Å²) < 4.78 is 25.2. The molecule has 1 aromatic carbocycles. The summed E-state index contributed by atoms with van der Waals surface area (Å²) in [5.74, 6) is 0.553. The molecule has 0 unspecified atom stereocenters. The van der Waals surface area contributed by atoms with Crippen molar-refractivity contribution in [3.05, 3.63) is 58.1 Å². The average molecular weight is 467 g/mol. The van der Waals surface area contributed by atoms with E-state index in [0.29, 0.717) is 21.0 Å². The van der Waals surface area contributed by atoms with Crippen LogP contribution < -0.4 is 5.14 Å². The Labute approximate surface area is 176 Å². The summed E-state index contributed by atoms with van der Waals surface area (Å²) in [5.41, 5.74) is 0.611. The van der Waals surface area contributed by atoms with E-state index >= 15 is 0 Å². The van der Waals surface area contributed by atoms with Crippen molar-refractivity contribution in [2.75, 3.05) is 0 Å². The quantitative estimate of drug-likeness (QED) is 0.337. The predicted molar refractivity (Wildman–Crippen MR) is 109 cm³/mol. The molecule has 0 aliphatic carbocycles. The lowest BCUT2D eigenvalue weighted by Gasteiger charge is -2.09. The SMILES string of the molecule is NS(=O)(=O)c1ccc(-n2c(Sc3ncc([N+](=O)[O-])s3)nnc2-c2cccs2)cc1. The highest BCUT2D eigenvalue weighted by molar-refractivity contribution is 8.01. The van der Waals surface area contributed by atoms with Crippen LogP contribution >= 0.6 is 34.4 Å². The summed E-state index contributed by atoms with van der Waals surface area (Å²) in [5, 5.41) is 26.8. The number of hydrogen-bond acceptors (Lipinski definition) is 10. The number of primary sulfonamides is 1. The maximum absolute atomic E-state index is 11.5. The molecule has 0 saturated heterocycles. The van der Waals surface area contributed by atoms with Gasteiger partial charge in [-0.3, -0.25) is 14.7 Å². The van der Waals surface area contributed by atoms with Crippen LogP contribution in [0.4, 0.5) is 5.00 Å². The first-order valence-electron chi connectivity index (χ1n) is 7.73. The number of thiophene rings is 1. The third-order valence-electron chi connectivity index (χ3n) is 3.63. The van der Waals surface area contributed by atoms with Crippen molar-refractivity contribution in [2.24, 2.45) is 5.14 Å². The van der Waals surface area contributed by atoms with Crippen LogP contribution in [0, 0.1) is 10.1 Å². The van der Waals surface area contributed by atoms with Gasteiger partial charge >= 0.3 is 5.00 Å². The van der Waals surface area contributed by atoms with Crippen LogP contribution in [0.3, 0.4) is 0 Å². The maximum atomic E-state index is 11.5. The van der Waals surface area contributed by atoms with E-state index in [1.54, 1.807) is 16.7 Å². The molecule has 0 aliphatic rings. The fraction of sp³-hybridized carbons (Fsp3) is 0. The largest absolute Gasteiger partial charge is 0.344 e. The lowest BCUT2D eigenvalue weighted by Crippen LogP contribution is -2.12. The predicted octanol–water partition coefficient (Wildman–Crippen LogP) is 3.16. The number of thiazole rings is 1. The van der Waals surface area contributed by atoms with Gasteiger partial charge in [-0.2, -0.15) is 0 Å². The maximum Gasteiger partial charge on any atom is 0.344 e. The van der Waals surface area contributed by atoms with Gasteiger partial charge in [-0.05, 0) is 58.8 Å². The van der Waals surface area contributed by atoms with E-state index < -0.39 is 14.9 Å². The first kappa shape index (κ1) is 19.7. The number of nitro groups is 1. The van der Waals surface area contributed by atoms with E-state index in [-0.39, 0.29) is 9.90 Å². The molecule has 4 rings (SSSR count). The Morgan fingerprint density at radius 2 is 1.93 bits per heavy atom. The molecule has 3 aromatic heterocycles. The number of aromatic nitrogens is 4. The summed E-state index contributed by atoms with van der Waals surface area (Å²) in [7, 11) is -3.82. The zero-order valence-electron chi connectivity index (χ0n) is 14.2. The Bertz CT molecular complexity index is 1280. The number of rotatable bonds is 6. The van der Waals surface area contributed by atoms with Gasteiger partial charge in [-0.25, -0.2) is 18.5 Å². The average Bonchev–Trinajstić information content (AvgIpc) is 3.42. The van der Waals surface area contributed by atoms with Crippen LogP contribution in [0.25, 0.3) is 16.4 Å². The normalized spacial score (nSPS) is 11.6. The van der Waals surface area contributed by atoms with Crippen molar-refractivity contribution in [1.29, 1.82) is 0 Å². The van der Waals surface area contributed by atoms with E-state index in [1.165, 1.54) is 29.7 Å². The molecule has 0 aliphatic heterocycles. The monoisotopic (exact) mass is 466 g/mol. The molecule has 0 fully saturated rings. The Morgan fingerprint density at radius 1 is 1.17 bits per heavy atom. The lowest BCUT2D eigenvalue weighted by molar-refractivity contribution is -0.380. The zero-order valence-corrected chi connectivity index (χ0v) is 17.5. The number of nitrogens with two attached hydrogens (primary N) is 1. The Morgan fingerprint density at radius 3 is 2.52 bits per heavy atom. The van der Waals surface area contributed by atoms with Crippen LogP contribution in [0.1, 0.15) is 0 Å². The molecule has 148 valence electrons. The lowest BCUT2D eigenvalue weighted by atomic mass is 10.3. The van der Waals surface area contributed by atoms with Gasteiger partial charge in [0.05, 0.1) is 14.7 Å². The van der Waals surface area contributed by atoms with Gasteiger partial charge in [0.2, 0.25) is 15.2 Å². The topological polar surface area (TPSA) is 147 Å².